The highest BCUT2D eigenvalue weighted by atomic mass is 16.5. The Morgan fingerprint density at radius 3 is 2.72 bits per heavy atom. The van der Waals surface area contributed by atoms with Gasteiger partial charge in [-0.25, -0.2) is 0 Å². The van der Waals surface area contributed by atoms with Crippen molar-refractivity contribution in [2.45, 2.75) is 44.1 Å². The number of hydrogen-bond donors (Lipinski definition) is 2. The van der Waals surface area contributed by atoms with Gasteiger partial charge in [0.25, 0.3) is 5.91 Å². The van der Waals surface area contributed by atoms with Gasteiger partial charge in [0.1, 0.15) is 6.10 Å². The minimum Gasteiger partial charge on any atom is -0.389 e. The number of aliphatic hydroxyl groups excluding tert-OH is 2. The number of piperidine rings is 1. The van der Waals surface area contributed by atoms with E-state index in [4.69, 9.17) is 4.74 Å². The fraction of sp³-hybridized carbons (Fsp3) is 0.667. The molecule has 2 fully saturated rings. The molecule has 7 heteroatoms. The zero-order valence-electron chi connectivity index (χ0n) is 14.8. The molecule has 2 aliphatic rings. The maximum Gasteiger partial charge on any atom is 0.253 e. The van der Waals surface area contributed by atoms with Gasteiger partial charge >= 0.3 is 0 Å². The number of ether oxygens (including phenoxy) is 1. The monoisotopic (exact) mass is 349 g/mol. The number of amides is 1. The van der Waals surface area contributed by atoms with Crippen molar-refractivity contribution in [2.75, 3.05) is 33.4 Å². The first kappa shape index (κ1) is 18.3. The maximum atomic E-state index is 12.6. The normalized spacial score (nSPS) is 28.4. The fourth-order valence-corrected chi connectivity index (χ4v) is 3.73. The second-order valence-electron chi connectivity index (χ2n) is 7.04. The van der Waals surface area contributed by atoms with Crippen LogP contribution in [0.5, 0.6) is 0 Å². The van der Waals surface area contributed by atoms with Crippen molar-refractivity contribution in [2.24, 2.45) is 0 Å². The molecule has 1 aromatic rings. The average Bonchev–Trinajstić information content (AvgIpc) is 2.63. The van der Waals surface area contributed by atoms with Crippen LogP contribution in [0.15, 0.2) is 18.3 Å². The zero-order valence-corrected chi connectivity index (χ0v) is 14.8. The summed E-state index contributed by atoms with van der Waals surface area (Å²) in [5.74, 6) is 0.0445. The Bertz CT molecular complexity index is 604. The predicted octanol–water partition coefficient (Wildman–Crippen LogP) is 0.0470. The minimum absolute atomic E-state index is 0.0445. The van der Waals surface area contributed by atoms with Gasteiger partial charge in [0.15, 0.2) is 0 Å². The highest BCUT2D eigenvalue weighted by molar-refractivity contribution is 5.94. The lowest BCUT2D eigenvalue weighted by molar-refractivity contribution is -0.136. The molecule has 0 aliphatic carbocycles. The molecule has 0 spiro atoms. The third-order valence-electron chi connectivity index (χ3n) is 5.36. The zero-order chi connectivity index (χ0) is 18.0. The van der Waals surface area contributed by atoms with E-state index >= 15 is 0 Å². The largest absolute Gasteiger partial charge is 0.389 e. The molecule has 2 N–H and O–H groups in total. The van der Waals surface area contributed by atoms with E-state index in [9.17, 15) is 15.0 Å². The van der Waals surface area contributed by atoms with Gasteiger partial charge in [0, 0.05) is 36.6 Å². The molecule has 3 heterocycles. The molecule has 2 aliphatic heterocycles. The van der Waals surface area contributed by atoms with Crippen molar-refractivity contribution in [1.82, 2.24) is 14.8 Å². The van der Waals surface area contributed by atoms with Gasteiger partial charge in [-0.3, -0.25) is 14.7 Å². The Hall–Kier alpha value is -1.54. The summed E-state index contributed by atoms with van der Waals surface area (Å²) >= 11 is 0. The van der Waals surface area contributed by atoms with E-state index in [0.717, 1.165) is 18.5 Å². The Kier molecular flexibility index (Phi) is 5.68. The number of likely N-dealkylation sites (N-methyl/N-ethyl adjacent to an activating group) is 1. The summed E-state index contributed by atoms with van der Waals surface area (Å²) in [6, 6.07) is 3.62. The Balaban J connectivity index is 1.57. The van der Waals surface area contributed by atoms with Gasteiger partial charge in [0.2, 0.25) is 0 Å². The van der Waals surface area contributed by atoms with E-state index in [2.05, 4.69) is 9.88 Å². The molecule has 3 rings (SSSR count). The minimum atomic E-state index is -0.835. The van der Waals surface area contributed by atoms with Gasteiger partial charge in [-0.15, -0.1) is 0 Å². The van der Waals surface area contributed by atoms with Crippen LogP contribution in [-0.4, -0.2) is 88.5 Å². The molecule has 7 nitrogen and oxygen atoms in total. The van der Waals surface area contributed by atoms with Crippen molar-refractivity contribution >= 4 is 5.91 Å². The SMILES string of the molecule is Cc1cc(C(=O)N2CCC(N(C)[C@@H]3COC[C@@H](O)[C@H]3O)CC2)ccn1. The van der Waals surface area contributed by atoms with Crippen molar-refractivity contribution in [3.63, 3.8) is 0 Å². The summed E-state index contributed by atoms with van der Waals surface area (Å²) in [7, 11) is 1.96. The molecule has 1 amide bonds. The van der Waals surface area contributed by atoms with Gasteiger partial charge in [-0.2, -0.15) is 0 Å². The van der Waals surface area contributed by atoms with E-state index in [1.165, 1.54) is 0 Å². The predicted molar refractivity (Wildman–Crippen MR) is 92.3 cm³/mol. The summed E-state index contributed by atoms with van der Waals surface area (Å²) in [6.07, 6.45) is 1.71. The average molecular weight is 349 g/mol. The van der Waals surface area contributed by atoms with Crippen LogP contribution in [0.3, 0.4) is 0 Å². The van der Waals surface area contributed by atoms with Crippen LogP contribution in [0.25, 0.3) is 0 Å². The number of aryl methyl sites for hydroxylation is 1. The number of hydrogen-bond acceptors (Lipinski definition) is 6. The van der Waals surface area contributed by atoms with Crippen LogP contribution in [0.4, 0.5) is 0 Å². The lowest BCUT2D eigenvalue weighted by Crippen LogP contribution is -2.58. The summed E-state index contributed by atoms with van der Waals surface area (Å²) in [6.45, 7) is 3.85. The first-order valence-corrected chi connectivity index (χ1v) is 8.85. The van der Waals surface area contributed by atoms with Crippen molar-refractivity contribution in [3.8, 4) is 0 Å². The standard InChI is InChI=1S/C18H27N3O4/c1-12-9-13(3-6-19-12)18(24)21-7-4-14(5-8-21)20(2)15-10-25-11-16(22)17(15)23/h3,6,9,14-17,22-23H,4-5,7-8,10-11H2,1-2H3/t15-,16-,17+/m1/s1. The molecule has 0 aromatic carbocycles. The molecule has 0 saturated carbocycles. The Labute approximate surface area is 148 Å². The fourth-order valence-electron chi connectivity index (χ4n) is 3.73. The summed E-state index contributed by atoms with van der Waals surface area (Å²) < 4.78 is 5.38. The van der Waals surface area contributed by atoms with Crippen LogP contribution < -0.4 is 0 Å². The first-order valence-electron chi connectivity index (χ1n) is 8.85. The smallest absolute Gasteiger partial charge is 0.253 e. The summed E-state index contributed by atoms with van der Waals surface area (Å²) in [5, 5.41) is 20.0. The molecular weight excluding hydrogens is 322 g/mol. The van der Waals surface area contributed by atoms with Crippen LogP contribution in [0, 0.1) is 6.92 Å². The molecule has 3 atom stereocenters. The van der Waals surface area contributed by atoms with Crippen LogP contribution in [-0.2, 0) is 4.74 Å². The molecule has 2 saturated heterocycles. The van der Waals surface area contributed by atoms with Crippen LogP contribution in [0.1, 0.15) is 28.9 Å². The number of nitrogens with zero attached hydrogens (tertiary/aromatic N) is 3. The second-order valence-corrected chi connectivity index (χ2v) is 7.04. The Morgan fingerprint density at radius 1 is 1.32 bits per heavy atom. The summed E-state index contributed by atoms with van der Waals surface area (Å²) in [4.78, 5) is 20.7. The number of carbonyl (C=O) groups excluding carboxylic acids is 1. The highest BCUT2D eigenvalue weighted by Crippen LogP contribution is 2.23. The first-order chi connectivity index (χ1) is 12.0. The number of aromatic nitrogens is 1. The Morgan fingerprint density at radius 2 is 2.04 bits per heavy atom. The van der Waals surface area contributed by atoms with Gasteiger partial charge in [-0.05, 0) is 38.9 Å². The van der Waals surface area contributed by atoms with Crippen molar-refractivity contribution < 1.29 is 19.7 Å². The lowest BCUT2D eigenvalue weighted by atomic mass is 9.96. The third kappa shape index (κ3) is 4.00. The van der Waals surface area contributed by atoms with Gasteiger partial charge in [0.05, 0.1) is 25.4 Å². The molecule has 1 aromatic heterocycles. The van der Waals surface area contributed by atoms with Crippen molar-refractivity contribution in [1.29, 1.82) is 0 Å². The highest BCUT2D eigenvalue weighted by Gasteiger charge is 2.37. The van der Waals surface area contributed by atoms with Gasteiger partial charge < -0.3 is 19.8 Å². The molecule has 0 bridgehead atoms. The molecule has 138 valence electrons. The van der Waals surface area contributed by atoms with Crippen LogP contribution in [0.2, 0.25) is 0 Å². The second kappa shape index (κ2) is 7.78. The van der Waals surface area contributed by atoms with E-state index in [1.807, 2.05) is 24.9 Å². The number of likely N-dealkylation sites (tertiary alicyclic amines) is 1. The van der Waals surface area contributed by atoms with E-state index in [-0.39, 0.29) is 24.6 Å². The molecule has 0 unspecified atom stereocenters. The third-order valence-corrected chi connectivity index (χ3v) is 5.36. The number of pyridine rings is 1. The lowest BCUT2D eigenvalue weighted by Gasteiger charge is -2.44. The molecule has 25 heavy (non-hydrogen) atoms. The number of carbonyl (C=O) groups is 1. The van der Waals surface area contributed by atoms with E-state index < -0.39 is 12.2 Å². The number of aliphatic hydroxyl groups is 2. The van der Waals surface area contributed by atoms with E-state index in [0.29, 0.717) is 25.3 Å². The topological polar surface area (TPSA) is 86.1 Å². The molecule has 0 radical (unpaired) electrons. The quantitative estimate of drug-likeness (QED) is 0.802. The maximum absolute atomic E-state index is 12.6. The summed E-state index contributed by atoms with van der Waals surface area (Å²) in [5.41, 5.74) is 1.52. The van der Waals surface area contributed by atoms with E-state index in [1.54, 1.807) is 12.3 Å². The molecular formula is C18H27N3O4. The van der Waals surface area contributed by atoms with Crippen molar-refractivity contribution in [3.05, 3.63) is 29.6 Å². The van der Waals surface area contributed by atoms with Gasteiger partial charge in [-0.1, -0.05) is 0 Å². The van der Waals surface area contributed by atoms with Crippen LogP contribution >= 0.6 is 0 Å². The number of rotatable bonds is 3.